The number of hydrogen-bond acceptors (Lipinski definition) is 6. The number of para-hydroxylation sites is 1. The highest BCUT2D eigenvalue weighted by Gasteiger charge is 2.48. The second-order valence-electron chi connectivity index (χ2n) is 7.96. The highest BCUT2D eigenvalue weighted by atomic mass is 35.5. The minimum Gasteiger partial charge on any atom is -0.507 e. The molecule has 3 aromatic carbocycles. The van der Waals surface area contributed by atoms with Crippen molar-refractivity contribution < 1.29 is 24.0 Å². The van der Waals surface area contributed by atoms with Crippen molar-refractivity contribution in [3.63, 3.8) is 0 Å². The molecule has 0 radical (unpaired) electrons. The Balaban J connectivity index is 1.65. The smallest absolute Gasteiger partial charge is 0.301 e. The van der Waals surface area contributed by atoms with Crippen LogP contribution in [0.25, 0.3) is 5.76 Å². The average molecular weight is 487 g/mol. The summed E-state index contributed by atoms with van der Waals surface area (Å²) in [5, 5.41) is 15.6. The summed E-state index contributed by atoms with van der Waals surface area (Å²) in [5.41, 5.74) is 0.828. The first-order valence-electron chi connectivity index (χ1n) is 10.8. The number of rotatable bonds is 5. The molecule has 1 aliphatic rings. The number of hydrogen-bond donors (Lipinski definition) is 1. The normalized spacial score (nSPS) is 17.1. The minimum atomic E-state index is -0.963. The quantitative estimate of drug-likeness (QED) is 0.209. The molecule has 174 valence electrons. The zero-order chi connectivity index (χ0) is 24.5. The second-order valence-corrected chi connectivity index (χ2v) is 8.40. The van der Waals surface area contributed by atoms with Gasteiger partial charge >= 0.3 is 5.91 Å². The van der Waals surface area contributed by atoms with E-state index in [0.717, 1.165) is 0 Å². The second kappa shape index (κ2) is 9.12. The third-order valence-electron chi connectivity index (χ3n) is 5.58. The van der Waals surface area contributed by atoms with Gasteiger partial charge in [0.15, 0.2) is 5.82 Å². The molecule has 8 heteroatoms. The summed E-state index contributed by atoms with van der Waals surface area (Å²) in [6, 6.07) is 23.2. The Kier molecular flexibility index (Phi) is 5.84. The fourth-order valence-electron chi connectivity index (χ4n) is 3.99. The Bertz CT molecular complexity index is 1440. The highest BCUT2D eigenvalue weighted by Crippen LogP contribution is 2.43. The third-order valence-corrected chi connectivity index (χ3v) is 5.83. The molecule has 4 aromatic rings. The van der Waals surface area contributed by atoms with Gasteiger partial charge in [-0.05, 0) is 61.0 Å². The molecule has 7 nitrogen and oxygen atoms in total. The van der Waals surface area contributed by atoms with E-state index in [1.54, 1.807) is 61.5 Å². The Labute approximate surface area is 205 Å². The summed E-state index contributed by atoms with van der Waals surface area (Å²) < 4.78 is 11.1. The molecule has 0 aliphatic carbocycles. The summed E-state index contributed by atoms with van der Waals surface area (Å²) in [5.74, 6) is -0.208. The fourth-order valence-corrected chi connectivity index (χ4v) is 4.11. The van der Waals surface area contributed by atoms with Gasteiger partial charge in [0.2, 0.25) is 0 Å². The van der Waals surface area contributed by atoms with E-state index in [0.29, 0.717) is 33.4 Å². The lowest BCUT2D eigenvalue weighted by Crippen LogP contribution is -2.29. The SMILES string of the molecule is Cc1cc(N2C(=O)C(=O)C(=C(O)c3ccc(Cl)cc3)[C@@H]2c2cccc(Oc3ccccc3)c2)no1. The van der Waals surface area contributed by atoms with Gasteiger partial charge in [-0.15, -0.1) is 0 Å². The van der Waals surface area contributed by atoms with Crippen LogP contribution >= 0.6 is 11.6 Å². The number of amides is 1. The van der Waals surface area contributed by atoms with Crippen molar-refractivity contribution in [3.05, 3.63) is 112 Å². The number of aryl methyl sites for hydroxylation is 1. The number of aromatic nitrogens is 1. The van der Waals surface area contributed by atoms with Gasteiger partial charge in [0.05, 0.1) is 11.6 Å². The van der Waals surface area contributed by atoms with Crippen LogP contribution in [0.5, 0.6) is 11.5 Å². The number of Topliss-reactive ketones (excluding diaryl/α,β-unsaturated/α-hetero) is 1. The summed E-state index contributed by atoms with van der Waals surface area (Å²) in [6.07, 6.45) is 0. The molecule has 1 N–H and O–H groups in total. The van der Waals surface area contributed by atoms with Crippen molar-refractivity contribution in [1.29, 1.82) is 0 Å². The zero-order valence-corrected chi connectivity index (χ0v) is 19.3. The molecule has 5 rings (SSSR count). The van der Waals surface area contributed by atoms with Crippen LogP contribution in [0.1, 0.15) is 22.9 Å². The molecular formula is C27H19ClN2O5. The molecule has 1 atom stereocenters. The number of benzene rings is 3. The summed E-state index contributed by atoms with van der Waals surface area (Å²) in [6.45, 7) is 1.68. The molecule has 1 amide bonds. The van der Waals surface area contributed by atoms with Crippen LogP contribution in [-0.4, -0.2) is 22.0 Å². The van der Waals surface area contributed by atoms with Crippen LogP contribution < -0.4 is 9.64 Å². The molecule has 2 heterocycles. The van der Waals surface area contributed by atoms with Crippen molar-refractivity contribution in [1.82, 2.24) is 5.16 Å². The maximum Gasteiger partial charge on any atom is 0.301 e. The van der Waals surface area contributed by atoms with E-state index < -0.39 is 17.7 Å². The van der Waals surface area contributed by atoms with Crippen molar-refractivity contribution in [2.24, 2.45) is 0 Å². The zero-order valence-electron chi connectivity index (χ0n) is 18.5. The summed E-state index contributed by atoms with van der Waals surface area (Å²) >= 11 is 5.98. The lowest BCUT2D eigenvalue weighted by molar-refractivity contribution is -0.132. The van der Waals surface area contributed by atoms with E-state index >= 15 is 0 Å². The maximum absolute atomic E-state index is 13.2. The Hall–Kier alpha value is -4.36. The first-order valence-corrected chi connectivity index (χ1v) is 11.1. The number of anilines is 1. The van der Waals surface area contributed by atoms with E-state index in [9.17, 15) is 14.7 Å². The third kappa shape index (κ3) is 4.29. The monoisotopic (exact) mass is 486 g/mol. The molecule has 0 unspecified atom stereocenters. The van der Waals surface area contributed by atoms with Crippen LogP contribution in [0.15, 0.2) is 95.0 Å². The topological polar surface area (TPSA) is 92.9 Å². The molecule has 1 saturated heterocycles. The van der Waals surface area contributed by atoms with E-state index in [1.807, 2.05) is 30.3 Å². The largest absolute Gasteiger partial charge is 0.507 e. The molecule has 1 aliphatic heterocycles. The van der Waals surface area contributed by atoms with Gasteiger partial charge in [-0.1, -0.05) is 47.1 Å². The van der Waals surface area contributed by atoms with Crippen molar-refractivity contribution >= 4 is 34.9 Å². The summed E-state index contributed by atoms with van der Waals surface area (Å²) in [7, 11) is 0. The van der Waals surface area contributed by atoms with Crippen LogP contribution in [0.4, 0.5) is 5.82 Å². The van der Waals surface area contributed by atoms with E-state index in [4.69, 9.17) is 20.9 Å². The molecule has 1 fully saturated rings. The van der Waals surface area contributed by atoms with Gasteiger partial charge in [0, 0.05) is 16.7 Å². The van der Waals surface area contributed by atoms with Crippen molar-refractivity contribution in [2.75, 3.05) is 4.90 Å². The minimum absolute atomic E-state index is 0.0742. The van der Waals surface area contributed by atoms with Crippen molar-refractivity contribution in [2.45, 2.75) is 13.0 Å². The standard InChI is InChI=1S/C27H19ClN2O5/c1-16-14-22(29-35-16)30-24(18-6-5-9-21(15-18)34-20-7-3-2-4-8-20)23(26(32)27(30)33)25(31)17-10-12-19(28)13-11-17/h2-15,24,31H,1H3/t24-/m0/s1. The summed E-state index contributed by atoms with van der Waals surface area (Å²) in [4.78, 5) is 27.6. The van der Waals surface area contributed by atoms with E-state index in [2.05, 4.69) is 5.16 Å². The van der Waals surface area contributed by atoms with Gasteiger partial charge in [0.1, 0.15) is 23.0 Å². The van der Waals surface area contributed by atoms with Crippen LogP contribution in [0, 0.1) is 6.92 Å². The highest BCUT2D eigenvalue weighted by molar-refractivity contribution is 6.51. The maximum atomic E-state index is 13.2. The number of ether oxygens (including phenoxy) is 1. The first kappa shape index (κ1) is 22.4. The number of carbonyl (C=O) groups excluding carboxylic acids is 2. The number of aliphatic hydroxyl groups excluding tert-OH is 1. The van der Waals surface area contributed by atoms with Crippen LogP contribution in [0.2, 0.25) is 5.02 Å². The Morgan fingerprint density at radius 1 is 0.971 bits per heavy atom. The lowest BCUT2D eigenvalue weighted by Gasteiger charge is -2.23. The average Bonchev–Trinajstić information content (AvgIpc) is 3.40. The predicted octanol–water partition coefficient (Wildman–Crippen LogP) is 6.06. The number of halogens is 1. The van der Waals surface area contributed by atoms with Gasteiger partial charge in [-0.2, -0.15) is 0 Å². The van der Waals surface area contributed by atoms with Crippen molar-refractivity contribution in [3.8, 4) is 11.5 Å². The number of carbonyl (C=O) groups is 2. The van der Waals surface area contributed by atoms with Gasteiger partial charge in [-0.25, -0.2) is 0 Å². The van der Waals surface area contributed by atoms with Gasteiger partial charge in [-0.3, -0.25) is 14.5 Å². The van der Waals surface area contributed by atoms with Gasteiger partial charge < -0.3 is 14.4 Å². The van der Waals surface area contributed by atoms with Crippen LogP contribution in [-0.2, 0) is 9.59 Å². The van der Waals surface area contributed by atoms with Gasteiger partial charge in [0.25, 0.3) is 5.78 Å². The number of ketones is 1. The van der Waals surface area contributed by atoms with Crippen LogP contribution in [0.3, 0.4) is 0 Å². The molecule has 0 spiro atoms. The Morgan fingerprint density at radius 2 is 1.69 bits per heavy atom. The molecular weight excluding hydrogens is 468 g/mol. The first-order chi connectivity index (χ1) is 16.9. The van der Waals surface area contributed by atoms with E-state index in [1.165, 1.54) is 4.90 Å². The van der Waals surface area contributed by atoms with E-state index in [-0.39, 0.29) is 17.2 Å². The Morgan fingerprint density at radius 3 is 2.37 bits per heavy atom. The predicted molar refractivity (Wildman–Crippen MR) is 130 cm³/mol. The molecule has 0 saturated carbocycles. The molecule has 35 heavy (non-hydrogen) atoms. The number of aliphatic hydroxyl groups is 1. The fraction of sp³-hybridized carbons (Fsp3) is 0.0741. The lowest BCUT2D eigenvalue weighted by atomic mass is 9.95. The number of nitrogens with zero attached hydrogens (tertiary/aromatic N) is 2. The molecule has 0 bridgehead atoms. The molecule has 1 aromatic heterocycles.